The molecule has 5 heteroatoms. The fourth-order valence-electron chi connectivity index (χ4n) is 2.26. The Morgan fingerprint density at radius 1 is 1.21 bits per heavy atom. The van der Waals surface area contributed by atoms with Crippen LogP contribution in [-0.2, 0) is 9.59 Å². The second-order valence-electron chi connectivity index (χ2n) is 4.72. The largest absolute Gasteiger partial charge is 0.478 e. The van der Waals surface area contributed by atoms with Gasteiger partial charge < -0.3 is 14.7 Å². The Balaban J connectivity index is 2.13. The minimum absolute atomic E-state index is 0.0290. The van der Waals surface area contributed by atoms with Crippen LogP contribution in [0.2, 0.25) is 0 Å². The van der Waals surface area contributed by atoms with Crippen LogP contribution in [0.25, 0.3) is 0 Å². The first-order valence-corrected chi connectivity index (χ1v) is 6.26. The summed E-state index contributed by atoms with van der Waals surface area (Å²) in [5, 5.41) is 9.45. The molecule has 1 saturated heterocycles. The van der Waals surface area contributed by atoms with Gasteiger partial charge in [-0.15, -0.1) is 0 Å². The highest BCUT2D eigenvalue weighted by Gasteiger charge is 2.44. The van der Waals surface area contributed by atoms with Gasteiger partial charge in [0.15, 0.2) is 0 Å². The van der Waals surface area contributed by atoms with E-state index in [9.17, 15) is 14.7 Å². The third-order valence-electron chi connectivity index (χ3n) is 3.46. The van der Waals surface area contributed by atoms with E-state index in [2.05, 4.69) is 0 Å². The van der Waals surface area contributed by atoms with Gasteiger partial charge >= 0.3 is 5.97 Å². The van der Waals surface area contributed by atoms with E-state index in [1.165, 1.54) is 6.92 Å². The third-order valence-corrected chi connectivity index (χ3v) is 3.46. The zero-order chi connectivity index (χ0) is 13.9. The molecule has 19 heavy (non-hydrogen) atoms. The second-order valence-corrected chi connectivity index (χ2v) is 4.72. The molecule has 0 saturated carbocycles. The number of amides is 1. The number of hydrogen-bond acceptors (Lipinski definition) is 3. The summed E-state index contributed by atoms with van der Waals surface area (Å²) < 4.78 is 5.69. The first kappa shape index (κ1) is 13.4. The minimum Gasteiger partial charge on any atom is -0.478 e. The highest BCUT2D eigenvalue weighted by Crippen LogP contribution is 2.29. The number of aliphatic carboxylic acids is 1. The van der Waals surface area contributed by atoms with Crippen LogP contribution in [0, 0.1) is 0 Å². The number of hydrogen-bond donors (Lipinski definition) is 1. The lowest BCUT2D eigenvalue weighted by Gasteiger charge is -2.38. The van der Waals surface area contributed by atoms with Crippen molar-refractivity contribution in [3.05, 3.63) is 30.3 Å². The van der Waals surface area contributed by atoms with E-state index in [-0.39, 0.29) is 5.91 Å². The number of nitrogens with zero attached hydrogens (tertiary/aromatic N) is 1. The van der Waals surface area contributed by atoms with Gasteiger partial charge in [-0.1, -0.05) is 18.2 Å². The van der Waals surface area contributed by atoms with E-state index in [1.807, 2.05) is 6.07 Å². The molecule has 0 unspecified atom stereocenters. The van der Waals surface area contributed by atoms with E-state index in [0.29, 0.717) is 31.7 Å². The Labute approximate surface area is 111 Å². The Morgan fingerprint density at radius 3 is 2.26 bits per heavy atom. The van der Waals surface area contributed by atoms with Crippen LogP contribution in [0.15, 0.2) is 30.3 Å². The molecule has 1 N–H and O–H groups in total. The number of ether oxygens (including phenoxy) is 1. The fraction of sp³-hybridized carbons (Fsp3) is 0.429. The molecule has 1 amide bonds. The summed E-state index contributed by atoms with van der Waals surface area (Å²) in [7, 11) is 0. The normalized spacial score (nSPS) is 17.8. The highest BCUT2D eigenvalue weighted by molar-refractivity contribution is 5.79. The monoisotopic (exact) mass is 263 g/mol. The molecule has 2 rings (SSSR count). The lowest BCUT2D eigenvalue weighted by Crippen LogP contribution is -2.54. The van der Waals surface area contributed by atoms with Crippen LogP contribution >= 0.6 is 0 Å². The average molecular weight is 263 g/mol. The van der Waals surface area contributed by atoms with Gasteiger partial charge in [-0.3, -0.25) is 4.79 Å². The molecular formula is C14H17NO4. The number of carboxylic acids is 1. The molecule has 1 heterocycles. The molecule has 0 aromatic heterocycles. The van der Waals surface area contributed by atoms with Crippen LogP contribution in [0.5, 0.6) is 5.75 Å². The number of likely N-dealkylation sites (tertiary alicyclic amines) is 1. The highest BCUT2D eigenvalue weighted by atomic mass is 16.5. The van der Waals surface area contributed by atoms with E-state index >= 15 is 0 Å². The van der Waals surface area contributed by atoms with Gasteiger partial charge in [0.1, 0.15) is 5.75 Å². The van der Waals surface area contributed by atoms with E-state index in [1.54, 1.807) is 29.2 Å². The maximum absolute atomic E-state index is 11.5. The molecule has 0 spiro atoms. The van der Waals surface area contributed by atoms with Crippen LogP contribution in [0.3, 0.4) is 0 Å². The third kappa shape index (κ3) is 2.86. The smallest absolute Gasteiger partial charge is 0.348 e. The molecule has 0 bridgehead atoms. The van der Waals surface area contributed by atoms with Crippen LogP contribution in [-0.4, -0.2) is 40.6 Å². The molecule has 1 aromatic rings. The van der Waals surface area contributed by atoms with Crippen molar-refractivity contribution in [3.8, 4) is 5.75 Å². The SMILES string of the molecule is CC(=O)N1CCC(Oc2ccccc2)(C(=O)O)CC1. The summed E-state index contributed by atoms with van der Waals surface area (Å²) in [4.78, 5) is 24.5. The predicted molar refractivity (Wildman–Crippen MR) is 68.9 cm³/mol. The quantitative estimate of drug-likeness (QED) is 0.898. The van der Waals surface area contributed by atoms with Crippen LogP contribution in [0.1, 0.15) is 19.8 Å². The fourth-order valence-corrected chi connectivity index (χ4v) is 2.26. The molecule has 1 aromatic carbocycles. The second kappa shape index (κ2) is 5.30. The number of benzene rings is 1. The number of piperidine rings is 1. The molecule has 0 atom stereocenters. The molecular weight excluding hydrogens is 246 g/mol. The van der Waals surface area contributed by atoms with E-state index < -0.39 is 11.6 Å². The zero-order valence-electron chi connectivity index (χ0n) is 10.8. The van der Waals surface area contributed by atoms with Crippen molar-refractivity contribution < 1.29 is 19.4 Å². The first-order chi connectivity index (χ1) is 9.03. The maximum Gasteiger partial charge on any atom is 0.348 e. The van der Waals surface area contributed by atoms with E-state index in [0.717, 1.165) is 0 Å². The minimum atomic E-state index is -1.23. The van der Waals surface area contributed by atoms with Gasteiger partial charge in [-0.25, -0.2) is 4.79 Å². The van der Waals surface area contributed by atoms with Gasteiger partial charge in [0.25, 0.3) is 0 Å². The predicted octanol–water partition coefficient (Wildman–Crippen LogP) is 1.53. The summed E-state index contributed by atoms with van der Waals surface area (Å²) in [6, 6.07) is 8.92. The molecule has 0 radical (unpaired) electrons. The molecule has 0 aliphatic carbocycles. The van der Waals surface area contributed by atoms with Crippen molar-refractivity contribution in [3.63, 3.8) is 0 Å². The number of carbonyl (C=O) groups excluding carboxylic acids is 1. The Kier molecular flexibility index (Phi) is 3.74. The summed E-state index contributed by atoms with van der Waals surface area (Å²) in [5.41, 5.74) is -1.23. The van der Waals surface area contributed by atoms with Crippen LogP contribution in [0.4, 0.5) is 0 Å². The number of carboxylic acid groups (broad SMARTS) is 1. The molecule has 1 aliphatic rings. The summed E-state index contributed by atoms with van der Waals surface area (Å²) in [5.74, 6) is -0.459. The zero-order valence-corrected chi connectivity index (χ0v) is 10.8. The van der Waals surface area contributed by atoms with Crippen molar-refractivity contribution in [2.45, 2.75) is 25.4 Å². The van der Waals surface area contributed by atoms with Crippen molar-refractivity contribution in [1.29, 1.82) is 0 Å². The standard InChI is InChI=1S/C14H17NO4/c1-11(16)15-9-7-14(8-10-15,13(17)18)19-12-5-3-2-4-6-12/h2-6H,7-10H2,1H3,(H,17,18). The van der Waals surface area contributed by atoms with Crippen LogP contribution < -0.4 is 4.74 Å². The molecule has 1 aliphatic heterocycles. The number of para-hydroxylation sites is 1. The van der Waals surface area contributed by atoms with Gasteiger partial charge in [0.2, 0.25) is 11.5 Å². The van der Waals surface area contributed by atoms with Gasteiger partial charge in [-0.05, 0) is 12.1 Å². The number of carbonyl (C=O) groups is 2. The Hall–Kier alpha value is -2.04. The lowest BCUT2D eigenvalue weighted by atomic mass is 9.91. The molecule has 1 fully saturated rings. The van der Waals surface area contributed by atoms with E-state index in [4.69, 9.17) is 4.74 Å². The van der Waals surface area contributed by atoms with Crippen molar-refractivity contribution in [2.24, 2.45) is 0 Å². The maximum atomic E-state index is 11.5. The van der Waals surface area contributed by atoms with Crippen molar-refractivity contribution in [2.75, 3.05) is 13.1 Å². The summed E-state index contributed by atoms with van der Waals surface area (Å²) in [6.07, 6.45) is 0.605. The van der Waals surface area contributed by atoms with Gasteiger partial charge in [-0.2, -0.15) is 0 Å². The first-order valence-electron chi connectivity index (χ1n) is 6.26. The summed E-state index contributed by atoms with van der Waals surface area (Å²) in [6.45, 7) is 2.31. The van der Waals surface area contributed by atoms with Crippen molar-refractivity contribution >= 4 is 11.9 Å². The lowest BCUT2D eigenvalue weighted by molar-refractivity contribution is -0.161. The topological polar surface area (TPSA) is 66.8 Å². The van der Waals surface area contributed by atoms with Crippen molar-refractivity contribution in [1.82, 2.24) is 4.90 Å². The Morgan fingerprint density at radius 2 is 1.79 bits per heavy atom. The molecule has 102 valence electrons. The average Bonchev–Trinajstić information content (AvgIpc) is 2.40. The van der Waals surface area contributed by atoms with Gasteiger partial charge in [0, 0.05) is 32.9 Å². The number of rotatable bonds is 3. The van der Waals surface area contributed by atoms with Gasteiger partial charge in [0.05, 0.1) is 0 Å². The molecule has 5 nitrogen and oxygen atoms in total. The Bertz CT molecular complexity index is 464. The summed E-state index contributed by atoms with van der Waals surface area (Å²) >= 11 is 0.